The molecule has 0 fully saturated rings. The molecule has 8 nitrogen and oxygen atoms in total. The summed E-state index contributed by atoms with van der Waals surface area (Å²) in [4.78, 5) is 12.0. The number of ether oxygens (including phenoxy) is 1. The molecule has 2 N–H and O–H groups in total. The van der Waals surface area contributed by atoms with Gasteiger partial charge in [-0.1, -0.05) is 11.6 Å². The molecule has 0 spiro atoms. The van der Waals surface area contributed by atoms with Gasteiger partial charge < -0.3 is 15.4 Å². The standard InChI is InChI=1S/C15H21ClN6O2/c1-4-24-13-6-5-12(16)9-11(13)7-8-17-15(23)18-10(2)14-19-20-21-22(14)3/h5-6,9-10H,4,7-8H2,1-3H3,(H2,17,18,23). The Kier molecular flexibility index (Phi) is 6.36. The third kappa shape index (κ3) is 4.82. The van der Waals surface area contributed by atoms with Crippen molar-refractivity contribution in [2.75, 3.05) is 13.2 Å². The van der Waals surface area contributed by atoms with Gasteiger partial charge in [0.2, 0.25) is 0 Å². The zero-order chi connectivity index (χ0) is 17.5. The van der Waals surface area contributed by atoms with Crippen LogP contribution in [0.15, 0.2) is 18.2 Å². The number of rotatable bonds is 7. The van der Waals surface area contributed by atoms with Gasteiger partial charge in [0.05, 0.1) is 12.6 Å². The monoisotopic (exact) mass is 352 g/mol. The highest BCUT2D eigenvalue weighted by Crippen LogP contribution is 2.23. The van der Waals surface area contributed by atoms with Gasteiger partial charge in [-0.05, 0) is 54.5 Å². The summed E-state index contributed by atoms with van der Waals surface area (Å²) in [5, 5.41) is 17.4. The molecule has 1 heterocycles. The number of urea groups is 1. The molecule has 0 bridgehead atoms. The topological polar surface area (TPSA) is 94.0 Å². The summed E-state index contributed by atoms with van der Waals surface area (Å²) in [6.07, 6.45) is 0.614. The molecule has 1 aromatic heterocycles. The first-order chi connectivity index (χ1) is 11.5. The molecule has 0 saturated heterocycles. The van der Waals surface area contributed by atoms with Crippen molar-refractivity contribution in [2.24, 2.45) is 7.05 Å². The number of tetrazole rings is 1. The van der Waals surface area contributed by atoms with E-state index in [0.29, 0.717) is 30.4 Å². The van der Waals surface area contributed by atoms with Gasteiger partial charge in [-0.25, -0.2) is 9.48 Å². The maximum atomic E-state index is 12.0. The molecule has 0 radical (unpaired) electrons. The van der Waals surface area contributed by atoms with Crippen LogP contribution in [0.25, 0.3) is 0 Å². The van der Waals surface area contributed by atoms with Gasteiger partial charge in [-0.15, -0.1) is 5.10 Å². The van der Waals surface area contributed by atoms with Crippen LogP contribution in [0.4, 0.5) is 4.79 Å². The fourth-order valence-corrected chi connectivity index (χ4v) is 2.46. The molecule has 130 valence electrons. The summed E-state index contributed by atoms with van der Waals surface area (Å²) in [6.45, 7) is 4.77. The number of hydrogen-bond donors (Lipinski definition) is 2. The molecule has 0 saturated carbocycles. The van der Waals surface area contributed by atoms with Gasteiger partial charge >= 0.3 is 6.03 Å². The fraction of sp³-hybridized carbons (Fsp3) is 0.467. The predicted molar refractivity (Wildman–Crippen MR) is 90.1 cm³/mol. The van der Waals surface area contributed by atoms with Crippen molar-refractivity contribution in [2.45, 2.75) is 26.3 Å². The predicted octanol–water partition coefficient (Wildman–Crippen LogP) is 1.87. The first-order valence-corrected chi connectivity index (χ1v) is 8.07. The average Bonchev–Trinajstić information content (AvgIpc) is 2.96. The summed E-state index contributed by atoms with van der Waals surface area (Å²) in [6, 6.07) is 4.89. The minimum Gasteiger partial charge on any atom is -0.494 e. The number of carbonyl (C=O) groups excluding carboxylic acids is 1. The van der Waals surface area contributed by atoms with Crippen LogP contribution in [0.1, 0.15) is 31.3 Å². The molecule has 2 amide bonds. The molecule has 2 rings (SSSR count). The van der Waals surface area contributed by atoms with E-state index in [-0.39, 0.29) is 12.1 Å². The molecular formula is C15H21ClN6O2. The quantitative estimate of drug-likeness (QED) is 0.793. The molecule has 0 aliphatic heterocycles. The molecule has 24 heavy (non-hydrogen) atoms. The zero-order valence-electron chi connectivity index (χ0n) is 13.9. The second-order valence-corrected chi connectivity index (χ2v) is 5.65. The number of amides is 2. The summed E-state index contributed by atoms with van der Waals surface area (Å²) < 4.78 is 7.08. The van der Waals surface area contributed by atoms with E-state index in [4.69, 9.17) is 16.3 Å². The van der Waals surface area contributed by atoms with Crippen molar-refractivity contribution in [3.63, 3.8) is 0 Å². The Morgan fingerprint density at radius 1 is 1.46 bits per heavy atom. The highest BCUT2D eigenvalue weighted by atomic mass is 35.5. The zero-order valence-corrected chi connectivity index (χ0v) is 14.7. The Morgan fingerprint density at radius 2 is 2.25 bits per heavy atom. The summed E-state index contributed by atoms with van der Waals surface area (Å²) in [5.41, 5.74) is 0.954. The summed E-state index contributed by atoms with van der Waals surface area (Å²) in [5.74, 6) is 1.36. The van der Waals surface area contributed by atoms with Crippen molar-refractivity contribution in [3.8, 4) is 5.75 Å². The van der Waals surface area contributed by atoms with Crippen LogP contribution in [0, 0.1) is 0 Å². The normalized spacial score (nSPS) is 11.8. The van der Waals surface area contributed by atoms with Gasteiger partial charge in [-0.2, -0.15) is 0 Å². The lowest BCUT2D eigenvalue weighted by Gasteiger charge is -2.14. The second kappa shape index (κ2) is 8.49. The maximum absolute atomic E-state index is 12.0. The Labute approximate surface area is 145 Å². The average molecular weight is 353 g/mol. The van der Waals surface area contributed by atoms with Gasteiger partial charge in [-0.3, -0.25) is 0 Å². The molecule has 0 aliphatic carbocycles. The highest BCUT2D eigenvalue weighted by Gasteiger charge is 2.14. The third-order valence-electron chi connectivity index (χ3n) is 3.39. The van der Waals surface area contributed by atoms with Gasteiger partial charge in [0.15, 0.2) is 5.82 Å². The summed E-state index contributed by atoms with van der Waals surface area (Å²) in [7, 11) is 1.72. The Bertz CT molecular complexity index is 690. The van der Waals surface area contributed by atoms with Crippen LogP contribution >= 0.6 is 11.6 Å². The lowest BCUT2D eigenvalue weighted by Crippen LogP contribution is -2.38. The van der Waals surface area contributed by atoms with Gasteiger partial charge in [0.1, 0.15) is 5.75 Å². The van der Waals surface area contributed by atoms with Crippen molar-refractivity contribution in [3.05, 3.63) is 34.6 Å². The Morgan fingerprint density at radius 3 is 2.92 bits per heavy atom. The first kappa shape index (κ1) is 18.0. The molecule has 1 aromatic carbocycles. The van der Waals surface area contributed by atoms with Crippen molar-refractivity contribution < 1.29 is 9.53 Å². The molecule has 1 unspecified atom stereocenters. The van der Waals surface area contributed by atoms with Crippen molar-refractivity contribution in [1.29, 1.82) is 0 Å². The Balaban J connectivity index is 1.84. The number of hydrogen-bond acceptors (Lipinski definition) is 5. The molecular weight excluding hydrogens is 332 g/mol. The van der Waals surface area contributed by atoms with E-state index < -0.39 is 0 Å². The smallest absolute Gasteiger partial charge is 0.315 e. The van der Waals surface area contributed by atoms with E-state index in [1.54, 1.807) is 13.1 Å². The maximum Gasteiger partial charge on any atom is 0.315 e. The van der Waals surface area contributed by atoms with Gasteiger partial charge in [0, 0.05) is 18.6 Å². The van der Waals surface area contributed by atoms with Crippen LogP contribution in [0.2, 0.25) is 5.02 Å². The number of aromatic nitrogens is 4. The van der Waals surface area contributed by atoms with E-state index in [2.05, 4.69) is 26.2 Å². The van der Waals surface area contributed by atoms with Crippen LogP contribution in [-0.2, 0) is 13.5 Å². The molecule has 9 heteroatoms. The third-order valence-corrected chi connectivity index (χ3v) is 3.63. The lowest BCUT2D eigenvalue weighted by atomic mass is 10.1. The van der Waals surface area contributed by atoms with Crippen molar-refractivity contribution in [1.82, 2.24) is 30.8 Å². The minimum absolute atomic E-state index is 0.287. The highest BCUT2D eigenvalue weighted by molar-refractivity contribution is 6.30. The van der Waals surface area contributed by atoms with Crippen LogP contribution in [0.3, 0.4) is 0 Å². The number of nitrogens with one attached hydrogen (secondary N) is 2. The summed E-state index contributed by atoms with van der Waals surface area (Å²) >= 11 is 6.02. The van der Waals surface area contributed by atoms with E-state index in [9.17, 15) is 4.79 Å². The number of aryl methyl sites for hydroxylation is 1. The Hall–Kier alpha value is -2.35. The number of carbonyl (C=O) groups is 1. The second-order valence-electron chi connectivity index (χ2n) is 5.22. The molecule has 2 aromatic rings. The van der Waals surface area contributed by atoms with Crippen LogP contribution < -0.4 is 15.4 Å². The number of nitrogens with zero attached hydrogens (tertiary/aromatic N) is 4. The van der Waals surface area contributed by atoms with E-state index in [1.165, 1.54) is 4.68 Å². The van der Waals surface area contributed by atoms with Gasteiger partial charge in [0.25, 0.3) is 0 Å². The fourth-order valence-electron chi connectivity index (χ4n) is 2.27. The van der Waals surface area contributed by atoms with Crippen LogP contribution in [0.5, 0.6) is 5.75 Å². The lowest BCUT2D eigenvalue weighted by molar-refractivity contribution is 0.237. The SMILES string of the molecule is CCOc1ccc(Cl)cc1CCNC(=O)NC(C)c1nnnn1C. The van der Waals surface area contributed by atoms with Crippen LogP contribution in [-0.4, -0.2) is 39.4 Å². The van der Waals surface area contributed by atoms with E-state index in [1.807, 2.05) is 26.0 Å². The van der Waals surface area contributed by atoms with Crippen molar-refractivity contribution >= 4 is 17.6 Å². The molecule has 1 atom stereocenters. The number of halogens is 1. The van der Waals surface area contributed by atoms with E-state index >= 15 is 0 Å². The van der Waals surface area contributed by atoms with E-state index in [0.717, 1.165) is 11.3 Å². The largest absolute Gasteiger partial charge is 0.494 e. The number of benzene rings is 1. The first-order valence-electron chi connectivity index (χ1n) is 7.69. The minimum atomic E-state index is -0.296. The molecule has 0 aliphatic rings.